The molecule has 0 unspecified atom stereocenters. The molecule has 4 heteroatoms. The third kappa shape index (κ3) is 3.20. The zero-order chi connectivity index (χ0) is 12.3. The molecule has 17 heavy (non-hydrogen) atoms. The summed E-state index contributed by atoms with van der Waals surface area (Å²) >= 11 is 0. The third-order valence-corrected chi connectivity index (χ3v) is 2.86. The van der Waals surface area contributed by atoms with Crippen LogP contribution >= 0.6 is 0 Å². The summed E-state index contributed by atoms with van der Waals surface area (Å²) in [6.07, 6.45) is 2.09. The number of hydrogen-bond donors (Lipinski definition) is 2. The molecule has 1 aromatic rings. The average molecular weight is 234 g/mol. The number of nitrogens with zero attached hydrogens (tertiary/aromatic N) is 1. The first-order valence-corrected chi connectivity index (χ1v) is 5.96. The van der Waals surface area contributed by atoms with Gasteiger partial charge < -0.3 is 15.3 Å². The van der Waals surface area contributed by atoms with Gasteiger partial charge in [0.25, 0.3) is 0 Å². The van der Waals surface area contributed by atoms with Crippen molar-refractivity contribution in [3.63, 3.8) is 0 Å². The smallest absolute Gasteiger partial charge is 0.322 e. The van der Waals surface area contributed by atoms with Gasteiger partial charge in [0.2, 0.25) is 0 Å². The first kappa shape index (κ1) is 11.9. The maximum Gasteiger partial charge on any atom is 0.322 e. The van der Waals surface area contributed by atoms with Crippen molar-refractivity contribution in [1.82, 2.24) is 4.90 Å². The van der Waals surface area contributed by atoms with Gasteiger partial charge >= 0.3 is 6.03 Å². The van der Waals surface area contributed by atoms with Gasteiger partial charge in [0.05, 0.1) is 6.61 Å². The lowest BCUT2D eigenvalue weighted by Gasteiger charge is -2.21. The minimum absolute atomic E-state index is 0.0116. The molecule has 0 heterocycles. The summed E-state index contributed by atoms with van der Waals surface area (Å²) in [5.74, 6) is 0. The number of aryl methyl sites for hydroxylation is 1. The second kappa shape index (κ2) is 5.19. The Balaban J connectivity index is 1.99. The van der Waals surface area contributed by atoms with Crippen molar-refractivity contribution in [3.05, 3.63) is 29.8 Å². The fraction of sp³-hybridized carbons (Fsp3) is 0.462. The summed E-state index contributed by atoms with van der Waals surface area (Å²) in [5, 5.41) is 11.8. The van der Waals surface area contributed by atoms with Crippen LogP contribution in [0.2, 0.25) is 0 Å². The fourth-order valence-electron chi connectivity index (χ4n) is 1.86. The largest absolute Gasteiger partial charge is 0.395 e. The highest BCUT2D eigenvalue weighted by molar-refractivity contribution is 5.89. The fourth-order valence-corrected chi connectivity index (χ4v) is 1.86. The van der Waals surface area contributed by atoms with Crippen LogP contribution in [0.4, 0.5) is 10.5 Å². The van der Waals surface area contributed by atoms with Crippen molar-refractivity contribution in [2.24, 2.45) is 0 Å². The van der Waals surface area contributed by atoms with Crippen LogP contribution in [0.3, 0.4) is 0 Å². The van der Waals surface area contributed by atoms with E-state index in [2.05, 4.69) is 5.32 Å². The second-order valence-electron chi connectivity index (χ2n) is 4.45. The molecule has 92 valence electrons. The molecule has 0 aliphatic heterocycles. The number of hydrogen-bond acceptors (Lipinski definition) is 2. The van der Waals surface area contributed by atoms with Crippen molar-refractivity contribution in [1.29, 1.82) is 0 Å². The lowest BCUT2D eigenvalue weighted by molar-refractivity contribution is 0.185. The first-order valence-electron chi connectivity index (χ1n) is 5.96. The Morgan fingerprint density at radius 1 is 1.53 bits per heavy atom. The van der Waals surface area contributed by atoms with E-state index in [4.69, 9.17) is 5.11 Å². The predicted octanol–water partition coefficient (Wildman–Crippen LogP) is 1.98. The van der Waals surface area contributed by atoms with Crippen LogP contribution in [-0.2, 0) is 0 Å². The monoisotopic (exact) mass is 234 g/mol. The quantitative estimate of drug-likeness (QED) is 0.837. The standard InChI is InChI=1S/C13H18N2O2/c1-10-3-2-4-11(9-10)14-13(17)15(7-8-16)12-5-6-12/h2-4,9,12,16H,5-8H2,1H3,(H,14,17). The van der Waals surface area contributed by atoms with Gasteiger partial charge in [0, 0.05) is 18.3 Å². The summed E-state index contributed by atoms with van der Waals surface area (Å²) in [5.41, 5.74) is 1.92. The van der Waals surface area contributed by atoms with E-state index in [1.165, 1.54) is 0 Å². The van der Waals surface area contributed by atoms with E-state index in [9.17, 15) is 4.79 Å². The minimum Gasteiger partial charge on any atom is -0.395 e. The summed E-state index contributed by atoms with van der Waals surface area (Å²) < 4.78 is 0. The van der Waals surface area contributed by atoms with E-state index < -0.39 is 0 Å². The van der Waals surface area contributed by atoms with Gasteiger partial charge in [-0.1, -0.05) is 12.1 Å². The van der Waals surface area contributed by atoms with Crippen LogP contribution in [-0.4, -0.2) is 35.2 Å². The van der Waals surface area contributed by atoms with E-state index in [1.807, 2.05) is 31.2 Å². The van der Waals surface area contributed by atoms with Crippen LogP contribution in [0.1, 0.15) is 18.4 Å². The van der Waals surface area contributed by atoms with Crippen molar-refractivity contribution < 1.29 is 9.90 Å². The van der Waals surface area contributed by atoms with E-state index in [0.29, 0.717) is 12.6 Å². The molecule has 2 N–H and O–H groups in total. The summed E-state index contributed by atoms with van der Waals surface area (Å²) in [7, 11) is 0. The number of nitrogens with one attached hydrogen (secondary N) is 1. The Hall–Kier alpha value is -1.55. The molecule has 2 amide bonds. The Morgan fingerprint density at radius 2 is 2.29 bits per heavy atom. The Kier molecular flexibility index (Phi) is 3.64. The maximum absolute atomic E-state index is 12.0. The van der Waals surface area contributed by atoms with Crippen LogP contribution < -0.4 is 5.32 Å². The summed E-state index contributed by atoms with van der Waals surface area (Å²) in [6.45, 7) is 2.40. The van der Waals surface area contributed by atoms with Gasteiger partial charge in [-0.25, -0.2) is 4.79 Å². The number of amides is 2. The number of aliphatic hydroxyl groups excluding tert-OH is 1. The molecule has 1 aliphatic rings. The van der Waals surface area contributed by atoms with Gasteiger partial charge in [0.15, 0.2) is 0 Å². The van der Waals surface area contributed by atoms with E-state index >= 15 is 0 Å². The van der Waals surface area contributed by atoms with Gasteiger partial charge in [-0.2, -0.15) is 0 Å². The molecule has 1 aromatic carbocycles. The topological polar surface area (TPSA) is 52.6 Å². The molecule has 0 saturated heterocycles. The Labute approximate surface area is 101 Å². The number of benzene rings is 1. The molecule has 0 spiro atoms. The van der Waals surface area contributed by atoms with Crippen LogP contribution in [0.15, 0.2) is 24.3 Å². The molecule has 2 rings (SSSR count). The number of aliphatic hydroxyl groups is 1. The van der Waals surface area contributed by atoms with Crippen LogP contribution in [0.5, 0.6) is 0 Å². The lowest BCUT2D eigenvalue weighted by atomic mass is 10.2. The van der Waals surface area contributed by atoms with E-state index in [1.54, 1.807) is 4.90 Å². The molecule has 4 nitrogen and oxygen atoms in total. The first-order chi connectivity index (χ1) is 8.20. The second-order valence-corrected chi connectivity index (χ2v) is 4.45. The molecule has 1 fully saturated rings. The summed E-state index contributed by atoms with van der Waals surface area (Å²) in [4.78, 5) is 13.7. The molecule has 0 bridgehead atoms. The summed E-state index contributed by atoms with van der Waals surface area (Å²) in [6, 6.07) is 7.90. The van der Waals surface area contributed by atoms with Crippen molar-refractivity contribution in [3.8, 4) is 0 Å². The van der Waals surface area contributed by atoms with Gasteiger partial charge in [-0.15, -0.1) is 0 Å². The zero-order valence-electron chi connectivity index (χ0n) is 10.0. The maximum atomic E-state index is 12.0. The van der Waals surface area contributed by atoms with Crippen LogP contribution in [0, 0.1) is 6.92 Å². The molecule has 0 radical (unpaired) electrons. The highest BCUT2D eigenvalue weighted by Gasteiger charge is 2.32. The van der Waals surface area contributed by atoms with Crippen LogP contribution in [0.25, 0.3) is 0 Å². The number of carbonyl (C=O) groups is 1. The molecular weight excluding hydrogens is 216 g/mol. The van der Waals surface area contributed by atoms with E-state index in [0.717, 1.165) is 24.1 Å². The molecule has 1 aliphatic carbocycles. The lowest BCUT2D eigenvalue weighted by Crippen LogP contribution is -2.38. The van der Waals surface area contributed by atoms with Crippen molar-refractivity contribution in [2.45, 2.75) is 25.8 Å². The molecule has 0 aromatic heterocycles. The van der Waals surface area contributed by atoms with Gasteiger partial charge in [-0.05, 0) is 37.5 Å². The average Bonchev–Trinajstić information content (AvgIpc) is 3.09. The zero-order valence-corrected chi connectivity index (χ0v) is 10.0. The number of carbonyl (C=O) groups excluding carboxylic acids is 1. The SMILES string of the molecule is Cc1cccc(NC(=O)N(CCO)C2CC2)c1. The number of urea groups is 1. The van der Waals surface area contributed by atoms with Gasteiger partial charge in [0.1, 0.15) is 0 Å². The molecule has 1 saturated carbocycles. The highest BCUT2D eigenvalue weighted by atomic mass is 16.3. The molecule has 0 atom stereocenters. The Morgan fingerprint density at radius 3 is 2.88 bits per heavy atom. The normalized spacial score (nSPS) is 14.5. The number of rotatable bonds is 4. The third-order valence-electron chi connectivity index (χ3n) is 2.86. The van der Waals surface area contributed by atoms with Crippen molar-refractivity contribution >= 4 is 11.7 Å². The number of anilines is 1. The highest BCUT2D eigenvalue weighted by Crippen LogP contribution is 2.27. The predicted molar refractivity (Wildman–Crippen MR) is 67.0 cm³/mol. The molecular formula is C13H18N2O2. The Bertz CT molecular complexity index is 402. The van der Waals surface area contributed by atoms with Gasteiger partial charge in [-0.3, -0.25) is 0 Å². The van der Waals surface area contributed by atoms with Crippen molar-refractivity contribution in [2.75, 3.05) is 18.5 Å². The minimum atomic E-state index is -0.118. The van der Waals surface area contributed by atoms with E-state index in [-0.39, 0.29) is 12.6 Å².